The van der Waals surface area contributed by atoms with E-state index in [2.05, 4.69) is 10.3 Å². The van der Waals surface area contributed by atoms with Crippen LogP contribution in [0.2, 0.25) is 5.02 Å². The summed E-state index contributed by atoms with van der Waals surface area (Å²) in [6.07, 6.45) is 1.15. The number of carboxylic acids is 1. The Kier molecular flexibility index (Phi) is 6.70. The number of aryl methyl sites for hydroxylation is 1. The van der Waals surface area contributed by atoms with Crippen LogP contribution < -0.4 is 10.1 Å². The van der Waals surface area contributed by atoms with E-state index in [-0.39, 0.29) is 25.3 Å². The van der Waals surface area contributed by atoms with Crippen LogP contribution in [0.15, 0.2) is 47.5 Å². The predicted molar refractivity (Wildman–Crippen MR) is 130 cm³/mol. The lowest BCUT2D eigenvalue weighted by Gasteiger charge is -2.38. The van der Waals surface area contributed by atoms with Gasteiger partial charge >= 0.3 is 12.0 Å². The van der Waals surface area contributed by atoms with Gasteiger partial charge < -0.3 is 20.1 Å². The molecule has 2 aromatic carbocycles. The zero-order chi connectivity index (χ0) is 24.5. The van der Waals surface area contributed by atoms with Crippen LogP contribution in [-0.2, 0) is 11.3 Å². The molecule has 4 rings (SSSR count). The molecule has 2 amide bonds. The maximum atomic E-state index is 13.5. The van der Waals surface area contributed by atoms with Crippen molar-refractivity contribution in [2.24, 2.45) is 10.4 Å². The number of hydrogen-bond donors (Lipinski definition) is 2. The first-order chi connectivity index (χ1) is 16.2. The van der Waals surface area contributed by atoms with Crippen molar-refractivity contribution in [3.8, 4) is 5.75 Å². The molecule has 0 radical (unpaired) electrons. The van der Waals surface area contributed by atoms with Crippen molar-refractivity contribution < 1.29 is 19.4 Å². The number of carbonyl (C=O) groups excluding carboxylic acids is 1. The summed E-state index contributed by atoms with van der Waals surface area (Å²) in [7, 11) is 0. The second-order valence-electron chi connectivity index (χ2n) is 9.19. The number of rotatable bonds is 8. The molecule has 8 nitrogen and oxygen atoms in total. The Morgan fingerprint density at radius 3 is 2.53 bits per heavy atom. The number of carbonyl (C=O) groups is 2. The number of guanidine groups is 1. The largest absolute Gasteiger partial charge is 0.489 e. The lowest BCUT2D eigenvalue weighted by atomic mass is 10.1. The highest BCUT2D eigenvalue weighted by Crippen LogP contribution is 2.46. The molecule has 9 heteroatoms. The Morgan fingerprint density at radius 2 is 1.94 bits per heavy atom. The van der Waals surface area contributed by atoms with Crippen molar-refractivity contribution in [1.29, 1.82) is 0 Å². The van der Waals surface area contributed by atoms with Crippen molar-refractivity contribution in [3.63, 3.8) is 0 Å². The molecule has 1 heterocycles. The molecule has 34 heavy (non-hydrogen) atoms. The summed E-state index contributed by atoms with van der Waals surface area (Å²) in [6, 6.07) is 12.9. The number of ether oxygens (including phenoxy) is 1. The predicted octanol–water partition coefficient (Wildman–Crippen LogP) is 4.77. The molecule has 0 unspecified atom stereocenters. The molecule has 2 aliphatic rings. The Bertz CT molecular complexity index is 1110. The number of nitrogens with zero attached hydrogens (tertiary/aromatic N) is 3. The second kappa shape index (κ2) is 9.54. The van der Waals surface area contributed by atoms with E-state index >= 15 is 0 Å². The fourth-order valence-electron chi connectivity index (χ4n) is 3.82. The van der Waals surface area contributed by atoms with E-state index in [9.17, 15) is 14.7 Å². The zero-order valence-electron chi connectivity index (χ0n) is 19.5. The monoisotopic (exact) mass is 484 g/mol. The minimum atomic E-state index is -0.858. The van der Waals surface area contributed by atoms with E-state index in [1.54, 1.807) is 28.0 Å². The number of benzene rings is 2. The van der Waals surface area contributed by atoms with E-state index in [1.165, 1.54) is 0 Å². The van der Waals surface area contributed by atoms with Gasteiger partial charge in [-0.05, 0) is 57.4 Å². The summed E-state index contributed by atoms with van der Waals surface area (Å²) in [5, 5.41) is 13.2. The average molecular weight is 485 g/mol. The van der Waals surface area contributed by atoms with Gasteiger partial charge in [0.25, 0.3) is 0 Å². The van der Waals surface area contributed by atoms with Crippen LogP contribution in [0.3, 0.4) is 0 Å². The molecule has 1 saturated heterocycles. The van der Waals surface area contributed by atoms with E-state index < -0.39 is 11.4 Å². The topological polar surface area (TPSA) is 94.5 Å². The fourth-order valence-corrected chi connectivity index (χ4v) is 4.04. The highest BCUT2D eigenvalue weighted by Gasteiger charge is 2.52. The van der Waals surface area contributed by atoms with Crippen molar-refractivity contribution in [2.45, 2.75) is 46.3 Å². The first kappa shape index (κ1) is 23.9. The summed E-state index contributed by atoms with van der Waals surface area (Å²) < 4.78 is 5.69. The normalized spacial score (nSPS) is 18.3. The van der Waals surface area contributed by atoms with Gasteiger partial charge in [-0.15, -0.1) is 0 Å². The van der Waals surface area contributed by atoms with Crippen LogP contribution in [0.1, 0.15) is 37.8 Å². The fraction of sp³-hybridized carbons (Fsp3) is 0.400. The molecule has 0 atom stereocenters. The lowest BCUT2D eigenvalue weighted by molar-refractivity contribution is -0.143. The van der Waals surface area contributed by atoms with E-state index in [4.69, 9.17) is 16.3 Å². The highest BCUT2D eigenvalue weighted by molar-refractivity contribution is 6.32. The molecule has 2 N–H and O–H groups in total. The van der Waals surface area contributed by atoms with Crippen LogP contribution in [0.5, 0.6) is 5.75 Å². The number of hydrogen-bond acceptors (Lipinski definition) is 4. The number of nitrogens with one attached hydrogen (secondary N) is 1. The summed E-state index contributed by atoms with van der Waals surface area (Å²) in [4.78, 5) is 32.9. The number of halogens is 1. The Labute approximate surface area is 204 Å². The lowest BCUT2D eigenvalue weighted by Crippen LogP contribution is -2.60. The van der Waals surface area contributed by atoms with Crippen LogP contribution in [-0.4, -0.2) is 52.2 Å². The molecule has 180 valence electrons. The van der Waals surface area contributed by atoms with Gasteiger partial charge in [0.15, 0.2) is 0 Å². The van der Waals surface area contributed by atoms with Gasteiger partial charge in [-0.3, -0.25) is 9.69 Å². The Morgan fingerprint density at radius 1 is 1.24 bits per heavy atom. The van der Waals surface area contributed by atoms with Crippen LogP contribution >= 0.6 is 11.6 Å². The summed E-state index contributed by atoms with van der Waals surface area (Å²) in [5.41, 5.74) is 1.79. The van der Waals surface area contributed by atoms with Crippen molar-refractivity contribution in [2.75, 3.05) is 13.2 Å². The second-order valence-corrected chi connectivity index (χ2v) is 9.60. The molecule has 0 spiro atoms. The minimum absolute atomic E-state index is 0.0103. The van der Waals surface area contributed by atoms with E-state index in [0.717, 1.165) is 11.1 Å². The molecule has 1 saturated carbocycles. The molecule has 2 aromatic rings. The van der Waals surface area contributed by atoms with Crippen LogP contribution in [0.25, 0.3) is 0 Å². The molecular formula is C25H29ClN4O4. The SMILES string of the molecule is Cc1ccc(CN2C(=O)N(CC3(C(=O)O)CC3)CN/C2=N\c2ccc(OC(C)C)c(Cl)c2)cc1. The summed E-state index contributed by atoms with van der Waals surface area (Å²) >= 11 is 6.37. The van der Waals surface area contributed by atoms with Crippen molar-refractivity contribution in [1.82, 2.24) is 15.1 Å². The van der Waals surface area contributed by atoms with Gasteiger partial charge in [0, 0.05) is 6.54 Å². The number of aliphatic imine (C=N–C) groups is 1. The first-order valence-corrected chi connectivity index (χ1v) is 11.7. The van der Waals surface area contributed by atoms with E-state index in [0.29, 0.717) is 41.8 Å². The quantitative estimate of drug-likeness (QED) is 0.562. The highest BCUT2D eigenvalue weighted by atomic mass is 35.5. The van der Waals surface area contributed by atoms with Crippen molar-refractivity contribution in [3.05, 3.63) is 58.6 Å². The first-order valence-electron chi connectivity index (χ1n) is 11.3. The third kappa shape index (κ3) is 5.28. The van der Waals surface area contributed by atoms with Crippen LogP contribution in [0.4, 0.5) is 10.5 Å². The number of amides is 2. The summed E-state index contributed by atoms with van der Waals surface area (Å²) in [6.45, 7) is 6.49. The van der Waals surface area contributed by atoms with Crippen LogP contribution in [0, 0.1) is 12.3 Å². The molecule has 1 aliphatic carbocycles. The third-order valence-electron chi connectivity index (χ3n) is 5.96. The Hall–Kier alpha value is -3.26. The number of carboxylic acid groups (broad SMARTS) is 1. The van der Waals surface area contributed by atoms with Gasteiger partial charge in [0.05, 0.1) is 35.4 Å². The molecule has 2 fully saturated rings. The van der Waals surface area contributed by atoms with Gasteiger partial charge in [-0.1, -0.05) is 41.4 Å². The smallest absolute Gasteiger partial charge is 0.328 e. The third-order valence-corrected chi connectivity index (χ3v) is 6.26. The van der Waals surface area contributed by atoms with E-state index in [1.807, 2.05) is 45.0 Å². The van der Waals surface area contributed by atoms with Gasteiger partial charge in [0.2, 0.25) is 5.96 Å². The molecule has 0 bridgehead atoms. The van der Waals surface area contributed by atoms with Gasteiger partial charge in [-0.2, -0.15) is 0 Å². The summed E-state index contributed by atoms with van der Waals surface area (Å²) in [5.74, 6) is 0.0955. The Balaban J connectivity index is 1.61. The van der Waals surface area contributed by atoms with Gasteiger partial charge in [-0.25, -0.2) is 9.79 Å². The number of urea groups is 1. The molecule has 0 aromatic heterocycles. The standard InChI is InChI=1S/C25H29ClN4O4/c1-16(2)34-21-9-8-19(12-20(21)26)28-23-27-15-29(14-25(10-11-25)22(31)32)24(33)30(23)13-18-6-4-17(3)5-7-18/h4-9,12,16H,10-11,13-15H2,1-3H3,(H,27,28)(H,31,32). The molecule has 1 aliphatic heterocycles. The van der Waals surface area contributed by atoms with Gasteiger partial charge in [0.1, 0.15) is 5.75 Å². The zero-order valence-corrected chi connectivity index (χ0v) is 20.3. The van der Waals surface area contributed by atoms with Crippen molar-refractivity contribution >= 4 is 35.2 Å². The number of aliphatic carboxylic acids is 1. The minimum Gasteiger partial charge on any atom is -0.489 e. The molecular weight excluding hydrogens is 456 g/mol. The maximum absolute atomic E-state index is 13.5. The maximum Gasteiger partial charge on any atom is 0.328 e. The average Bonchev–Trinajstić information content (AvgIpc) is 3.57.